The summed E-state index contributed by atoms with van der Waals surface area (Å²) < 4.78 is 0. The van der Waals surface area contributed by atoms with Gasteiger partial charge in [-0.2, -0.15) is 0 Å². The van der Waals surface area contributed by atoms with Gasteiger partial charge in [0.15, 0.2) is 0 Å². The molecule has 0 radical (unpaired) electrons. The van der Waals surface area contributed by atoms with Gasteiger partial charge in [0.2, 0.25) is 0 Å². The van der Waals surface area contributed by atoms with Crippen molar-refractivity contribution in [2.45, 2.75) is 13.8 Å². The molecule has 0 aromatic carbocycles. The molecular weight excluding hydrogens is 330 g/mol. The summed E-state index contributed by atoms with van der Waals surface area (Å²) in [6, 6.07) is 0. The van der Waals surface area contributed by atoms with Crippen LogP contribution in [0.25, 0.3) is 0 Å². The topological polar surface area (TPSA) is 121 Å². The van der Waals surface area contributed by atoms with Gasteiger partial charge < -0.3 is 0 Å². The fourth-order valence-electron chi connectivity index (χ4n) is 1.84. The molecule has 9 heteroatoms. The predicted octanol–water partition coefficient (Wildman–Crippen LogP) is -0.938. The van der Waals surface area contributed by atoms with Gasteiger partial charge in [0, 0.05) is 49.5 Å². The number of carbonyl (C=O) groups is 6. The van der Waals surface area contributed by atoms with Gasteiger partial charge in [0.25, 0.3) is 35.4 Å². The lowest BCUT2D eigenvalue weighted by Gasteiger charge is -2.08. The van der Waals surface area contributed by atoms with Crippen LogP contribution in [-0.4, -0.2) is 58.3 Å². The van der Waals surface area contributed by atoms with Crippen molar-refractivity contribution >= 4 is 35.4 Å². The highest BCUT2D eigenvalue weighted by molar-refractivity contribution is 6.13. The lowest BCUT2D eigenvalue weighted by Crippen LogP contribution is -2.29. The van der Waals surface area contributed by atoms with Crippen molar-refractivity contribution in [1.82, 2.24) is 15.1 Å². The first-order valence-corrected chi connectivity index (χ1v) is 7.40. The molecule has 6 amide bonds. The SMILES string of the molecule is CCN1C(=O)C=CC1=O.CCN1C(=O)C=CC1=O.O=C1C=CC(=O)N1. The summed E-state index contributed by atoms with van der Waals surface area (Å²) in [6.45, 7) is 4.46. The molecule has 0 fully saturated rings. The highest BCUT2D eigenvalue weighted by Gasteiger charge is 2.21. The van der Waals surface area contributed by atoms with E-state index in [1.165, 1.54) is 46.3 Å². The second-order valence-electron chi connectivity index (χ2n) is 4.69. The first kappa shape index (κ1) is 19.7. The summed E-state index contributed by atoms with van der Waals surface area (Å²) >= 11 is 0. The molecule has 0 unspecified atom stereocenters. The first-order valence-electron chi connectivity index (χ1n) is 7.40. The molecule has 3 aliphatic rings. The zero-order valence-electron chi connectivity index (χ0n) is 13.7. The molecule has 3 aliphatic heterocycles. The molecule has 9 nitrogen and oxygen atoms in total. The molecule has 3 rings (SSSR count). The van der Waals surface area contributed by atoms with E-state index in [0.29, 0.717) is 13.1 Å². The molecular formula is C16H17N3O6. The number of amides is 6. The third kappa shape index (κ3) is 5.65. The van der Waals surface area contributed by atoms with Gasteiger partial charge in [-0.1, -0.05) is 0 Å². The number of imide groups is 3. The predicted molar refractivity (Wildman–Crippen MR) is 85.4 cm³/mol. The number of rotatable bonds is 2. The van der Waals surface area contributed by atoms with Crippen LogP contribution in [0.4, 0.5) is 0 Å². The van der Waals surface area contributed by atoms with E-state index in [2.05, 4.69) is 0 Å². The molecule has 0 saturated heterocycles. The summed E-state index contributed by atoms with van der Waals surface area (Å²) in [6.07, 6.45) is 7.53. The van der Waals surface area contributed by atoms with E-state index in [9.17, 15) is 28.8 Å². The number of likely N-dealkylation sites (N-methyl/N-ethyl adjacent to an activating group) is 2. The van der Waals surface area contributed by atoms with Crippen molar-refractivity contribution in [2.75, 3.05) is 13.1 Å². The van der Waals surface area contributed by atoms with Crippen molar-refractivity contribution in [3.05, 3.63) is 36.5 Å². The molecule has 132 valence electrons. The second-order valence-corrected chi connectivity index (χ2v) is 4.69. The highest BCUT2D eigenvalue weighted by Crippen LogP contribution is 2.01. The number of carbonyl (C=O) groups excluding carboxylic acids is 6. The molecule has 0 aromatic rings. The Balaban J connectivity index is 0.000000189. The smallest absolute Gasteiger partial charge is 0.253 e. The molecule has 0 bridgehead atoms. The van der Waals surface area contributed by atoms with Crippen LogP contribution in [0.3, 0.4) is 0 Å². The quantitative estimate of drug-likeness (QED) is 0.644. The third-order valence-corrected chi connectivity index (χ3v) is 3.07. The van der Waals surface area contributed by atoms with Crippen molar-refractivity contribution in [3.8, 4) is 0 Å². The second kappa shape index (κ2) is 9.06. The van der Waals surface area contributed by atoms with Gasteiger partial charge in [-0.15, -0.1) is 0 Å². The Morgan fingerprint density at radius 1 is 0.600 bits per heavy atom. The Kier molecular flexibility index (Phi) is 7.14. The molecule has 0 aliphatic carbocycles. The maximum atomic E-state index is 10.6. The van der Waals surface area contributed by atoms with Gasteiger partial charge in [-0.05, 0) is 13.8 Å². The molecule has 25 heavy (non-hydrogen) atoms. The fourth-order valence-corrected chi connectivity index (χ4v) is 1.84. The first-order chi connectivity index (χ1) is 11.8. The van der Waals surface area contributed by atoms with Gasteiger partial charge in [-0.3, -0.25) is 43.9 Å². The summed E-state index contributed by atoms with van der Waals surface area (Å²) in [7, 11) is 0. The zero-order valence-corrected chi connectivity index (χ0v) is 13.7. The summed E-state index contributed by atoms with van der Waals surface area (Å²) in [4.78, 5) is 65.0. The van der Waals surface area contributed by atoms with Crippen LogP contribution in [-0.2, 0) is 28.8 Å². The van der Waals surface area contributed by atoms with Crippen LogP contribution in [0.15, 0.2) is 36.5 Å². The number of hydrogen-bond donors (Lipinski definition) is 1. The van der Waals surface area contributed by atoms with Crippen molar-refractivity contribution in [2.24, 2.45) is 0 Å². The lowest BCUT2D eigenvalue weighted by atomic mass is 10.5. The van der Waals surface area contributed by atoms with E-state index in [4.69, 9.17) is 0 Å². The van der Waals surface area contributed by atoms with Crippen LogP contribution in [0.1, 0.15) is 13.8 Å². The van der Waals surface area contributed by atoms with E-state index in [1.807, 2.05) is 5.32 Å². The molecule has 1 N–H and O–H groups in total. The van der Waals surface area contributed by atoms with Gasteiger partial charge in [-0.25, -0.2) is 0 Å². The van der Waals surface area contributed by atoms with Crippen LogP contribution in [0.2, 0.25) is 0 Å². The maximum absolute atomic E-state index is 10.6. The van der Waals surface area contributed by atoms with E-state index in [1.54, 1.807) is 13.8 Å². The summed E-state index contributed by atoms with van der Waals surface area (Å²) in [5.74, 6) is -1.48. The number of nitrogens with one attached hydrogen (secondary N) is 1. The van der Waals surface area contributed by atoms with E-state index in [-0.39, 0.29) is 35.4 Å². The van der Waals surface area contributed by atoms with Crippen molar-refractivity contribution < 1.29 is 28.8 Å². The normalized spacial score (nSPS) is 17.7. The molecule has 0 atom stereocenters. The monoisotopic (exact) mass is 347 g/mol. The Bertz CT molecular complexity index is 611. The van der Waals surface area contributed by atoms with Crippen LogP contribution in [0, 0.1) is 0 Å². The molecule has 0 spiro atoms. The van der Waals surface area contributed by atoms with Gasteiger partial charge in [0.1, 0.15) is 0 Å². The number of nitrogens with zero attached hydrogens (tertiary/aromatic N) is 2. The zero-order chi connectivity index (χ0) is 19.0. The Morgan fingerprint density at radius 3 is 1.00 bits per heavy atom. The minimum absolute atomic E-state index is 0.206. The fraction of sp³-hybridized carbons (Fsp3) is 0.250. The standard InChI is InChI=1S/2C6H7NO2.C4H3NO2/c2*1-2-7-5(8)3-4-6(7)9;6-3-1-2-4(7)5-3/h2*3-4H,2H2,1H3;1-2H,(H,5,6,7). The maximum Gasteiger partial charge on any atom is 0.253 e. The average molecular weight is 347 g/mol. The minimum Gasteiger partial charge on any atom is -0.289 e. The van der Waals surface area contributed by atoms with E-state index < -0.39 is 0 Å². The Labute approximate surface area is 143 Å². The molecule has 3 heterocycles. The van der Waals surface area contributed by atoms with E-state index in [0.717, 1.165) is 0 Å². The number of hydrogen-bond acceptors (Lipinski definition) is 6. The van der Waals surface area contributed by atoms with Gasteiger partial charge >= 0.3 is 0 Å². The summed E-state index contributed by atoms with van der Waals surface area (Å²) in [5, 5.41) is 2.03. The van der Waals surface area contributed by atoms with Crippen LogP contribution < -0.4 is 5.32 Å². The van der Waals surface area contributed by atoms with Crippen molar-refractivity contribution in [3.63, 3.8) is 0 Å². The van der Waals surface area contributed by atoms with Crippen LogP contribution in [0.5, 0.6) is 0 Å². The van der Waals surface area contributed by atoms with Crippen molar-refractivity contribution in [1.29, 1.82) is 0 Å². The summed E-state index contributed by atoms with van der Waals surface area (Å²) in [5.41, 5.74) is 0. The minimum atomic E-state index is -0.329. The highest BCUT2D eigenvalue weighted by atomic mass is 16.2. The molecule has 0 saturated carbocycles. The average Bonchev–Trinajstić information content (AvgIpc) is 3.21. The Hall–Kier alpha value is -3.36. The third-order valence-electron chi connectivity index (χ3n) is 3.07. The Morgan fingerprint density at radius 2 is 0.880 bits per heavy atom. The lowest BCUT2D eigenvalue weighted by molar-refractivity contribution is -0.138. The molecule has 0 aromatic heterocycles. The van der Waals surface area contributed by atoms with E-state index >= 15 is 0 Å². The van der Waals surface area contributed by atoms with Gasteiger partial charge in [0.05, 0.1) is 0 Å². The van der Waals surface area contributed by atoms with Crippen LogP contribution >= 0.6 is 0 Å². The largest absolute Gasteiger partial charge is 0.289 e.